The van der Waals surface area contributed by atoms with Crippen LogP contribution in [0, 0.1) is 27.7 Å². The van der Waals surface area contributed by atoms with E-state index in [0.29, 0.717) is 5.02 Å². The van der Waals surface area contributed by atoms with Crippen molar-refractivity contribution in [1.29, 1.82) is 0 Å². The number of nitrogens with one attached hydrogen (secondary N) is 1. The van der Waals surface area contributed by atoms with E-state index >= 15 is 0 Å². The van der Waals surface area contributed by atoms with E-state index in [0.717, 1.165) is 39.6 Å². The van der Waals surface area contributed by atoms with Crippen molar-refractivity contribution in [3.63, 3.8) is 0 Å². The standard InChI is InChI=1S/C37H41ClN4/c1-21-16-25(36(5,6)7)17-22(2)30(21)33-34(31-23(3)18-26(19-24(31)4)37(8,9)10)42-35(41-33)27-12-11-14-40-32(27)28-20-39-15-13-29(28)38/h11-20H,1-10H3,(H,41,42). The minimum Gasteiger partial charge on any atom is -0.337 e. The first kappa shape index (κ1) is 29.7. The van der Waals surface area contributed by atoms with Gasteiger partial charge in [0.2, 0.25) is 0 Å². The molecular weight excluding hydrogens is 536 g/mol. The highest BCUT2D eigenvalue weighted by Gasteiger charge is 2.26. The van der Waals surface area contributed by atoms with E-state index in [1.54, 1.807) is 24.7 Å². The topological polar surface area (TPSA) is 54.5 Å². The van der Waals surface area contributed by atoms with Gasteiger partial charge in [0.05, 0.1) is 22.1 Å². The number of hydrogen-bond donors (Lipinski definition) is 1. The van der Waals surface area contributed by atoms with Crippen LogP contribution in [0.25, 0.3) is 45.2 Å². The van der Waals surface area contributed by atoms with Gasteiger partial charge in [0, 0.05) is 40.8 Å². The number of benzene rings is 2. The van der Waals surface area contributed by atoms with Crippen LogP contribution in [0.4, 0.5) is 0 Å². The number of aromatic nitrogens is 4. The Bertz CT molecular complexity index is 1660. The summed E-state index contributed by atoms with van der Waals surface area (Å²) in [5.41, 5.74) is 14.3. The van der Waals surface area contributed by atoms with Crippen LogP contribution in [-0.4, -0.2) is 19.9 Å². The molecule has 0 radical (unpaired) electrons. The van der Waals surface area contributed by atoms with Gasteiger partial charge in [-0.2, -0.15) is 0 Å². The lowest BCUT2D eigenvalue weighted by Crippen LogP contribution is -2.12. The van der Waals surface area contributed by atoms with Crippen LogP contribution in [0.5, 0.6) is 0 Å². The number of halogens is 1. The van der Waals surface area contributed by atoms with Crippen LogP contribution in [-0.2, 0) is 10.8 Å². The van der Waals surface area contributed by atoms with Gasteiger partial charge in [0.25, 0.3) is 0 Å². The normalized spacial score (nSPS) is 12.2. The average Bonchev–Trinajstić information content (AvgIpc) is 3.31. The fourth-order valence-corrected chi connectivity index (χ4v) is 5.98. The van der Waals surface area contributed by atoms with Gasteiger partial charge >= 0.3 is 0 Å². The first-order valence-corrected chi connectivity index (χ1v) is 14.9. The second-order valence-corrected chi connectivity index (χ2v) is 13.9. The van der Waals surface area contributed by atoms with Crippen LogP contribution in [0.3, 0.4) is 0 Å². The maximum absolute atomic E-state index is 6.62. The van der Waals surface area contributed by atoms with E-state index in [1.807, 2.05) is 12.1 Å². The van der Waals surface area contributed by atoms with Crippen molar-refractivity contribution < 1.29 is 0 Å². The third-order valence-corrected chi connectivity index (χ3v) is 8.40. The van der Waals surface area contributed by atoms with Gasteiger partial charge in [-0.05, 0) is 90.1 Å². The van der Waals surface area contributed by atoms with Crippen molar-refractivity contribution >= 4 is 11.6 Å². The Morgan fingerprint density at radius 1 is 0.667 bits per heavy atom. The molecule has 4 nitrogen and oxygen atoms in total. The number of H-pyrrole nitrogens is 1. The molecule has 0 bridgehead atoms. The molecule has 2 aromatic carbocycles. The van der Waals surface area contributed by atoms with Crippen molar-refractivity contribution in [3.8, 4) is 45.2 Å². The Labute approximate surface area is 255 Å². The summed E-state index contributed by atoms with van der Waals surface area (Å²) in [6, 6.07) is 15.0. The fraction of sp³-hybridized carbons (Fsp3) is 0.324. The number of nitrogens with zero attached hydrogens (tertiary/aromatic N) is 3. The molecule has 0 fully saturated rings. The van der Waals surface area contributed by atoms with Crippen molar-refractivity contribution in [1.82, 2.24) is 19.9 Å². The molecule has 0 unspecified atom stereocenters. The molecule has 0 atom stereocenters. The van der Waals surface area contributed by atoms with Gasteiger partial charge in [-0.25, -0.2) is 4.98 Å². The molecule has 0 saturated carbocycles. The van der Waals surface area contributed by atoms with Crippen molar-refractivity contribution in [2.45, 2.75) is 80.1 Å². The van der Waals surface area contributed by atoms with E-state index in [9.17, 15) is 0 Å². The zero-order valence-corrected chi connectivity index (χ0v) is 27.2. The van der Waals surface area contributed by atoms with Crippen LogP contribution < -0.4 is 0 Å². The van der Waals surface area contributed by atoms with Gasteiger partial charge in [0.1, 0.15) is 5.82 Å². The molecular formula is C37H41ClN4. The third-order valence-electron chi connectivity index (χ3n) is 8.07. The highest BCUT2D eigenvalue weighted by molar-refractivity contribution is 6.33. The minimum atomic E-state index is 0.0528. The van der Waals surface area contributed by atoms with Gasteiger partial charge in [-0.15, -0.1) is 0 Å². The summed E-state index contributed by atoms with van der Waals surface area (Å²) in [6.07, 6.45) is 5.24. The number of hydrogen-bond acceptors (Lipinski definition) is 3. The maximum Gasteiger partial charge on any atom is 0.140 e. The highest BCUT2D eigenvalue weighted by Crippen LogP contribution is 2.43. The van der Waals surface area contributed by atoms with E-state index in [1.165, 1.54) is 38.9 Å². The molecule has 42 heavy (non-hydrogen) atoms. The molecule has 5 heteroatoms. The second kappa shape index (κ2) is 10.8. The lowest BCUT2D eigenvalue weighted by Gasteiger charge is -2.23. The quantitative estimate of drug-likeness (QED) is 0.231. The Hall–Kier alpha value is -3.76. The fourth-order valence-electron chi connectivity index (χ4n) is 5.79. The zero-order valence-electron chi connectivity index (χ0n) is 26.5. The van der Waals surface area contributed by atoms with Crippen LogP contribution >= 0.6 is 11.6 Å². The molecule has 3 aromatic heterocycles. The highest BCUT2D eigenvalue weighted by atomic mass is 35.5. The number of pyridine rings is 2. The summed E-state index contributed by atoms with van der Waals surface area (Å²) in [5, 5.41) is 0.603. The van der Waals surface area contributed by atoms with Crippen LogP contribution in [0.15, 0.2) is 61.1 Å². The molecule has 216 valence electrons. The molecule has 0 aliphatic rings. The summed E-state index contributed by atoms with van der Waals surface area (Å²) in [7, 11) is 0. The van der Waals surface area contributed by atoms with Crippen LogP contribution in [0.2, 0.25) is 5.02 Å². The second-order valence-electron chi connectivity index (χ2n) is 13.5. The largest absolute Gasteiger partial charge is 0.337 e. The van der Waals surface area contributed by atoms with Crippen molar-refractivity contribution in [2.75, 3.05) is 0 Å². The van der Waals surface area contributed by atoms with E-state index in [2.05, 4.69) is 103 Å². The summed E-state index contributed by atoms with van der Waals surface area (Å²) in [5.74, 6) is 0.750. The summed E-state index contributed by atoms with van der Waals surface area (Å²) < 4.78 is 0. The van der Waals surface area contributed by atoms with E-state index in [-0.39, 0.29) is 10.8 Å². The Kier molecular flexibility index (Phi) is 7.66. The summed E-state index contributed by atoms with van der Waals surface area (Å²) in [4.78, 5) is 18.2. The molecule has 3 heterocycles. The first-order valence-electron chi connectivity index (χ1n) is 14.6. The number of rotatable bonds is 4. The first-order chi connectivity index (χ1) is 19.7. The monoisotopic (exact) mass is 576 g/mol. The van der Waals surface area contributed by atoms with Gasteiger partial charge < -0.3 is 4.98 Å². The molecule has 1 N–H and O–H groups in total. The number of aryl methyl sites for hydroxylation is 4. The third kappa shape index (κ3) is 5.53. The summed E-state index contributed by atoms with van der Waals surface area (Å²) >= 11 is 6.62. The van der Waals surface area contributed by atoms with E-state index < -0.39 is 0 Å². The van der Waals surface area contributed by atoms with Gasteiger partial charge in [-0.3, -0.25) is 9.97 Å². The lowest BCUT2D eigenvalue weighted by atomic mass is 9.81. The maximum atomic E-state index is 6.62. The molecule has 0 spiro atoms. The summed E-state index contributed by atoms with van der Waals surface area (Å²) in [6.45, 7) is 22.4. The Morgan fingerprint density at radius 2 is 1.21 bits per heavy atom. The van der Waals surface area contributed by atoms with Crippen molar-refractivity contribution in [2.24, 2.45) is 0 Å². The SMILES string of the molecule is Cc1cc(C(C)(C)C)cc(C)c1-c1nc(-c2cccnc2-c2cnccc2Cl)[nH]c1-c1c(C)cc(C(C)(C)C)cc1C. The minimum absolute atomic E-state index is 0.0528. The molecule has 0 aliphatic heterocycles. The Morgan fingerprint density at radius 3 is 1.74 bits per heavy atom. The molecule has 0 aliphatic carbocycles. The number of aromatic amines is 1. The number of imidazole rings is 1. The van der Waals surface area contributed by atoms with Gasteiger partial charge in [-0.1, -0.05) is 77.4 Å². The molecule has 0 amide bonds. The predicted molar refractivity (Wildman–Crippen MR) is 177 cm³/mol. The molecule has 0 saturated heterocycles. The Balaban J connectivity index is 1.82. The molecule has 5 rings (SSSR count). The lowest BCUT2D eigenvalue weighted by molar-refractivity contribution is 0.589. The van der Waals surface area contributed by atoms with Crippen molar-refractivity contribution in [3.05, 3.63) is 99.5 Å². The van der Waals surface area contributed by atoms with E-state index in [4.69, 9.17) is 21.6 Å². The van der Waals surface area contributed by atoms with Gasteiger partial charge in [0.15, 0.2) is 0 Å². The average molecular weight is 577 g/mol. The predicted octanol–water partition coefficient (Wildman–Crippen LogP) is 10.3. The van der Waals surface area contributed by atoms with Crippen LogP contribution in [0.1, 0.15) is 74.9 Å². The molecule has 5 aromatic rings. The zero-order chi connectivity index (χ0) is 30.6. The smallest absolute Gasteiger partial charge is 0.140 e.